The van der Waals surface area contributed by atoms with Crippen molar-refractivity contribution in [3.05, 3.63) is 42.5 Å². The highest BCUT2D eigenvalue weighted by Crippen LogP contribution is 2.42. The van der Waals surface area contributed by atoms with E-state index >= 15 is 0 Å². The van der Waals surface area contributed by atoms with Crippen molar-refractivity contribution < 1.29 is 23.4 Å². The van der Waals surface area contributed by atoms with E-state index in [1.807, 2.05) is 0 Å². The first-order chi connectivity index (χ1) is 18.2. The van der Waals surface area contributed by atoms with Gasteiger partial charge in [0, 0.05) is 32.1 Å². The average molecular weight is 540 g/mol. The zero-order valence-electron chi connectivity index (χ0n) is 21.5. The molecule has 2 atom stereocenters. The van der Waals surface area contributed by atoms with E-state index in [0.717, 1.165) is 22.8 Å². The van der Waals surface area contributed by atoms with Crippen molar-refractivity contribution >= 4 is 39.8 Å². The van der Waals surface area contributed by atoms with Gasteiger partial charge in [0.15, 0.2) is 28.2 Å². The predicted octanol–water partition coefficient (Wildman–Crippen LogP) is 4.13. The monoisotopic (exact) mass is 539 g/mol. The Morgan fingerprint density at radius 2 is 1.89 bits per heavy atom. The number of aromatic nitrogens is 2. The third kappa shape index (κ3) is 5.21. The van der Waals surface area contributed by atoms with Gasteiger partial charge in [0.05, 0.1) is 30.3 Å². The highest BCUT2D eigenvalue weighted by atomic mass is 32.1. The Morgan fingerprint density at radius 1 is 1.16 bits per heavy atom. The minimum absolute atomic E-state index is 0.0862. The van der Waals surface area contributed by atoms with Crippen LogP contribution in [-0.4, -0.2) is 59.7 Å². The van der Waals surface area contributed by atoms with E-state index < -0.39 is 11.7 Å². The molecule has 0 bridgehead atoms. The Balaban J connectivity index is 1.35. The van der Waals surface area contributed by atoms with E-state index in [2.05, 4.69) is 21.9 Å². The van der Waals surface area contributed by atoms with Gasteiger partial charge >= 0.3 is 0 Å². The standard InChI is InChI=1S/C27H30FN5O4S/c1-15(34)33(27(29)38)19-4-5-23(21(28)8-19)37-26-20-9-24(35-3)25(10-22(20)30-14-31-26)36-13-16-6-17-11-32(2)12-18(17)7-16/h4-5,8-10,14,16-18H,6-7,11-13H2,1-3H3,(H2,29,38). The number of amides is 1. The minimum atomic E-state index is -0.712. The van der Waals surface area contributed by atoms with Gasteiger partial charge in [-0.1, -0.05) is 0 Å². The van der Waals surface area contributed by atoms with Gasteiger partial charge in [-0.05, 0) is 68.1 Å². The molecule has 2 N–H and O–H groups in total. The summed E-state index contributed by atoms with van der Waals surface area (Å²) in [5.74, 6) is 2.06. The van der Waals surface area contributed by atoms with E-state index in [1.165, 1.54) is 51.3 Å². The largest absolute Gasteiger partial charge is 0.493 e. The smallest absolute Gasteiger partial charge is 0.230 e. The summed E-state index contributed by atoms with van der Waals surface area (Å²) in [7, 11) is 3.75. The number of benzene rings is 2. The number of nitrogens with zero attached hydrogens (tertiary/aromatic N) is 4. The normalized spacial score (nSPS) is 20.8. The van der Waals surface area contributed by atoms with E-state index in [4.69, 9.17) is 32.2 Å². The van der Waals surface area contributed by atoms with Crippen LogP contribution in [0.15, 0.2) is 36.7 Å². The van der Waals surface area contributed by atoms with E-state index in [1.54, 1.807) is 19.2 Å². The third-order valence-corrected chi connectivity index (χ3v) is 7.49. The molecule has 2 unspecified atom stereocenters. The van der Waals surface area contributed by atoms with Crippen molar-refractivity contribution in [2.24, 2.45) is 23.5 Å². The Kier molecular flexibility index (Phi) is 7.31. The molecule has 200 valence electrons. The lowest BCUT2D eigenvalue weighted by Gasteiger charge is -2.19. The Labute approximate surface area is 225 Å². The summed E-state index contributed by atoms with van der Waals surface area (Å²) in [6.07, 6.45) is 3.70. The van der Waals surface area contributed by atoms with Gasteiger partial charge in [-0.2, -0.15) is 0 Å². The molecule has 0 spiro atoms. The van der Waals surface area contributed by atoms with Gasteiger partial charge in [0.25, 0.3) is 0 Å². The number of anilines is 1. The zero-order chi connectivity index (χ0) is 27.0. The summed E-state index contributed by atoms with van der Waals surface area (Å²) in [5, 5.41) is 0.355. The van der Waals surface area contributed by atoms with Crippen molar-refractivity contribution in [2.75, 3.05) is 38.8 Å². The van der Waals surface area contributed by atoms with Gasteiger partial charge in [0.1, 0.15) is 6.33 Å². The molecule has 2 fully saturated rings. The Morgan fingerprint density at radius 3 is 2.53 bits per heavy atom. The molecule has 5 rings (SSSR count). The molecule has 11 heteroatoms. The molecule has 2 heterocycles. The molecule has 1 aromatic heterocycles. The van der Waals surface area contributed by atoms with Crippen LogP contribution < -0.4 is 24.8 Å². The van der Waals surface area contributed by atoms with Crippen LogP contribution in [0.1, 0.15) is 19.8 Å². The number of hydrogen-bond donors (Lipinski definition) is 1. The molecule has 3 aromatic rings. The second kappa shape index (κ2) is 10.7. The third-order valence-electron chi connectivity index (χ3n) is 7.31. The first-order valence-electron chi connectivity index (χ1n) is 12.4. The highest BCUT2D eigenvalue weighted by Gasteiger charge is 2.39. The summed E-state index contributed by atoms with van der Waals surface area (Å²) in [5.41, 5.74) is 6.38. The number of hydrogen-bond acceptors (Lipinski definition) is 8. The maximum absolute atomic E-state index is 14.9. The van der Waals surface area contributed by atoms with Crippen LogP contribution in [0, 0.1) is 23.6 Å². The topological polar surface area (TPSA) is 103 Å². The lowest BCUT2D eigenvalue weighted by atomic mass is 10.0. The number of rotatable bonds is 7. The summed E-state index contributed by atoms with van der Waals surface area (Å²) in [6.45, 7) is 4.24. The van der Waals surface area contributed by atoms with Crippen LogP contribution in [0.4, 0.5) is 10.1 Å². The summed E-state index contributed by atoms with van der Waals surface area (Å²) in [6, 6.07) is 7.52. The first kappa shape index (κ1) is 26.1. The van der Waals surface area contributed by atoms with Gasteiger partial charge in [-0.3, -0.25) is 9.69 Å². The molecule has 9 nitrogen and oxygen atoms in total. The van der Waals surface area contributed by atoms with Crippen molar-refractivity contribution in [3.63, 3.8) is 0 Å². The van der Waals surface area contributed by atoms with Crippen LogP contribution in [0.5, 0.6) is 23.1 Å². The Bertz CT molecular complexity index is 1360. The number of fused-ring (bicyclic) bond motifs is 2. The van der Waals surface area contributed by atoms with E-state index in [9.17, 15) is 9.18 Å². The fourth-order valence-corrected chi connectivity index (χ4v) is 5.91. The van der Waals surface area contributed by atoms with Crippen LogP contribution in [0.3, 0.4) is 0 Å². The number of halogens is 1. The van der Waals surface area contributed by atoms with E-state index in [0.29, 0.717) is 34.9 Å². The zero-order valence-corrected chi connectivity index (χ0v) is 22.3. The van der Waals surface area contributed by atoms with Crippen molar-refractivity contribution in [1.29, 1.82) is 0 Å². The predicted molar refractivity (Wildman–Crippen MR) is 145 cm³/mol. The molecule has 38 heavy (non-hydrogen) atoms. The molecule has 2 aromatic carbocycles. The second-order valence-corrected chi connectivity index (χ2v) is 10.4. The Hall–Kier alpha value is -3.57. The van der Waals surface area contributed by atoms with Crippen LogP contribution in [0.2, 0.25) is 0 Å². The van der Waals surface area contributed by atoms with E-state index in [-0.39, 0.29) is 22.4 Å². The lowest BCUT2D eigenvalue weighted by molar-refractivity contribution is -0.115. The number of carbonyl (C=O) groups excluding carboxylic acids is 1. The molecule has 1 saturated carbocycles. The fourth-order valence-electron chi connectivity index (χ4n) is 5.68. The van der Waals surface area contributed by atoms with Crippen molar-refractivity contribution in [1.82, 2.24) is 14.9 Å². The van der Waals surface area contributed by atoms with Crippen molar-refractivity contribution in [3.8, 4) is 23.1 Å². The molecule has 1 amide bonds. The number of ether oxygens (including phenoxy) is 3. The molecular weight excluding hydrogens is 509 g/mol. The molecule has 1 aliphatic carbocycles. The van der Waals surface area contributed by atoms with Gasteiger partial charge in [0.2, 0.25) is 11.8 Å². The fraction of sp³-hybridized carbons (Fsp3) is 0.407. The highest BCUT2D eigenvalue weighted by molar-refractivity contribution is 7.80. The minimum Gasteiger partial charge on any atom is -0.493 e. The first-order valence-corrected chi connectivity index (χ1v) is 12.9. The average Bonchev–Trinajstić information content (AvgIpc) is 3.40. The number of carbonyl (C=O) groups is 1. The van der Waals surface area contributed by atoms with Gasteiger partial charge in [-0.15, -0.1) is 0 Å². The maximum Gasteiger partial charge on any atom is 0.230 e. The van der Waals surface area contributed by atoms with Crippen LogP contribution >= 0.6 is 12.2 Å². The molecule has 1 saturated heterocycles. The maximum atomic E-state index is 14.9. The number of thiocarbonyl (C=S) groups is 1. The van der Waals surface area contributed by atoms with Crippen LogP contribution in [0.25, 0.3) is 10.9 Å². The molecule has 1 aliphatic heterocycles. The number of nitrogens with two attached hydrogens (primary N) is 1. The van der Waals surface area contributed by atoms with Gasteiger partial charge in [-0.25, -0.2) is 14.4 Å². The van der Waals surface area contributed by atoms with Gasteiger partial charge < -0.3 is 24.8 Å². The summed E-state index contributed by atoms with van der Waals surface area (Å²) < 4.78 is 32.6. The summed E-state index contributed by atoms with van der Waals surface area (Å²) >= 11 is 4.90. The SMILES string of the molecule is COc1cc2c(Oc3ccc(N(C(C)=O)C(N)=S)cc3F)ncnc2cc1OCC1CC2CN(C)CC2C1. The second-order valence-electron chi connectivity index (χ2n) is 10.00. The summed E-state index contributed by atoms with van der Waals surface area (Å²) in [4.78, 5) is 23.9. The molecular formula is C27H30FN5O4S. The van der Waals surface area contributed by atoms with Crippen LogP contribution in [-0.2, 0) is 4.79 Å². The number of methoxy groups -OCH3 is 1. The lowest BCUT2D eigenvalue weighted by Crippen LogP contribution is -2.39. The molecule has 0 radical (unpaired) electrons. The van der Waals surface area contributed by atoms with Crippen molar-refractivity contribution in [2.45, 2.75) is 19.8 Å². The number of likely N-dealkylation sites (tertiary alicyclic amines) is 1. The molecule has 2 aliphatic rings. The quantitative estimate of drug-likeness (QED) is 0.444.